The van der Waals surface area contributed by atoms with Crippen molar-refractivity contribution in [3.05, 3.63) is 100 Å². The Bertz CT molecular complexity index is 877. The maximum absolute atomic E-state index is 6.05. The Balaban J connectivity index is 1.94. The third-order valence-electron chi connectivity index (χ3n) is 4.19. The average molecular weight is 382 g/mol. The summed E-state index contributed by atoms with van der Waals surface area (Å²) in [4.78, 5) is 2.15. The molecule has 0 fully saturated rings. The van der Waals surface area contributed by atoms with E-state index in [9.17, 15) is 0 Å². The van der Waals surface area contributed by atoms with Crippen LogP contribution < -0.4 is 0 Å². The van der Waals surface area contributed by atoms with Gasteiger partial charge in [-0.3, -0.25) is 0 Å². The standard InChI is InChI=1S/C23H21Cl2N/c1-26(2)16-15-23(20-9-13-22(25)14-10-20)19-5-3-17(4-6-19)18-7-11-21(24)12-8-18/h3-15H,16H2,1-2H3. The fraction of sp³-hybridized carbons (Fsp3) is 0.130. The van der Waals surface area contributed by atoms with Gasteiger partial charge in [-0.15, -0.1) is 0 Å². The summed E-state index contributed by atoms with van der Waals surface area (Å²) < 4.78 is 0. The van der Waals surface area contributed by atoms with Crippen molar-refractivity contribution in [3.8, 4) is 11.1 Å². The average Bonchev–Trinajstić information content (AvgIpc) is 2.64. The van der Waals surface area contributed by atoms with Gasteiger partial charge in [0.25, 0.3) is 0 Å². The molecule has 0 saturated carbocycles. The highest BCUT2D eigenvalue weighted by Gasteiger charge is 2.07. The second-order valence-electron chi connectivity index (χ2n) is 6.47. The van der Waals surface area contributed by atoms with Crippen molar-refractivity contribution in [1.82, 2.24) is 4.90 Å². The maximum atomic E-state index is 6.05. The lowest BCUT2D eigenvalue weighted by Crippen LogP contribution is -2.11. The summed E-state index contributed by atoms with van der Waals surface area (Å²) in [7, 11) is 4.14. The van der Waals surface area contributed by atoms with Gasteiger partial charge < -0.3 is 4.90 Å². The molecule has 26 heavy (non-hydrogen) atoms. The molecule has 3 aromatic carbocycles. The van der Waals surface area contributed by atoms with E-state index in [1.54, 1.807) is 0 Å². The third-order valence-corrected chi connectivity index (χ3v) is 4.69. The first-order valence-electron chi connectivity index (χ1n) is 8.50. The summed E-state index contributed by atoms with van der Waals surface area (Å²) in [5, 5.41) is 1.50. The Labute approximate surface area is 165 Å². The lowest BCUT2D eigenvalue weighted by atomic mass is 9.95. The van der Waals surface area contributed by atoms with Crippen LogP contribution in [0.3, 0.4) is 0 Å². The Morgan fingerprint density at radius 1 is 0.692 bits per heavy atom. The molecule has 0 aliphatic carbocycles. The molecule has 1 nitrogen and oxygen atoms in total. The minimum atomic E-state index is 0.749. The summed E-state index contributed by atoms with van der Waals surface area (Å²) in [5.74, 6) is 0. The zero-order chi connectivity index (χ0) is 18.5. The maximum Gasteiger partial charge on any atom is 0.0406 e. The zero-order valence-corrected chi connectivity index (χ0v) is 16.4. The molecule has 0 aromatic heterocycles. The number of halogens is 2. The van der Waals surface area contributed by atoms with E-state index in [-0.39, 0.29) is 0 Å². The van der Waals surface area contributed by atoms with Crippen molar-refractivity contribution in [3.63, 3.8) is 0 Å². The van der Waals surface area contributed by atoms with Crippen molar-refractivity contribution in [2.24, 2.45) is 0 Å². The molecule has 3 heteroatoms. The smallest absolute Gasteiger partial charge is 0.0406 e. The van der Waals surface area contributed by atoms with Crippen LogP contribution in [0.2, 0.25) is 10.0 Å². The molecule has 0 atom stereocenters. The SMILES string of the molecule is CN(C)CC=C(c1ccc(Cl)cc1)c1ccc(-c2ccc(Cl)cc2)cc1. The lowest BCUT2D eigenvalue weighted by molar-refractivity contribution is 0.457. The highest BCUT2D eigenvalue weighted by atomic mass is 35.5. The highest BCUT2D eigenvalue weighted by Crippen LogP contribution is 2.28. The largest absolute Gasteiger partial charge is 0.306 e. The summed E-state index contributed by atoms with van der Waals surface area (Å²) in [5.41, 5.74) is 5.89. The van der Waals surface area contributed by atoms with Crippen molar-refractivity contribution >= 4 is 28.8 Å². The normalized spacial score (nSPS) is 11.8. The van der Waals surface area contributed by atoms with Crippen LogP contribution in [0.4, 0.5) is 0 Å². The van der Waals surface area contributed by atoms with Gasteiger partial charge in [0.05, 0.1) is 0 Å². The van der Waals surface area contributed by atoms with Gasteiger partial charge in [0.15, 0.2) is 0 Å². The molecule has 132 valence electrons. The van der Waals surface area contributed by atoms with Gasteiger partial charge in [-0.1, -0.05) is 77.8 Å². The number of likely N-dealkylation sites (N-methyl/N-ethyl adjacent to an activating group) is 1. The molecule has 0 aliphatic heterocycles. The predicted octanol–water partition coefficient (Wildman–Crippen LogP) is 6.65. The van der Waals surface area contributed by atoms with Crippen LogP contribution in [0, 0.1) is 0 Å². The molecule has 0 N–H and O–H groups in total. The van der Waals surface area contributed by atoms with Gasteiger partial charge in [-0.2, -0.15) is 0 Å². The zero-order valence-electron chi connectivity index (χ0n) is 14.9. The monoisotopic (exact) mass is 381 g/mol. The molecule has 3 rings (SSSR count). The van der Waals surface area contributed by atoms with Crippen molar-refractivity contribution in [2.75, 3.05) is 20.6 Å². The van der Waals surface area contributed by atoms with E-state index in [1.807, 2.05) is 36.4 Å². The second-order valence-corrected chi connectivity index (χ2v) is 7.34. The number of nitrogens with zero attached hydrogens (tertiary/aromatic N) is 1. The van der Waals surface area contributed by atoms with Crippen LogP contribution in [-0.2, 0) is 0 Å². The van der Waals surface area contributed by atoms with Crippen molar-refractivity contribution in [2.45, 2.75) is 0 Å². The fourth-order valence-corrected chi connectivity index (χ4v) is 3.04. The van der Waals surface area contributed by atoms with Gasteiger partial charge in [0, 0.05) is 16.6 Å². The molecule has 0 radical (unpaired) electrons. The van der Waals surface area contributed by atoms with Crippen LogP contribution in [0.25, 0.3) is 16.7 Å². The van der Waals surface area contributed by atoms with E-state index in [4.69, 9.17) is 23.2 Å². The third kappa shape index (κ3) is 4.76. The molecule has 0 bridgehead atoms. The van der Waals surface area contributed by atoms with E-state index < -0.39 is 0 Å². The summed E-state index contributed by atoms with van der Waals surface area (Å²) >= 11 is 12.0. The molecule has 0 unspecified atom stereocenters. The van der Waals surface area contributed by atoms with Gasteiger partial charge in [0.2, 0.25) is 0 Å². The van der Waals surface area contributed by atoms with Crippen LogP contribution in [0.1, 0.15) is 11.1 Å². The summed E-state index contributed by atoms with van der Waals surface area (Å²) in [6, 6.07) is 24.6. The number of rotatable bonds is 5. The van der Waals surface area contributed by atoms with E-state index in [0.717, 1.165) is 27.7 Å². The fourth-order valence-electron chi connectivity index (χ4n) is 2.79. The molecular formula is C23H21Cl2N. The Morgan fingerprint density at radius 3 is 1.54 bits per heavy atom. The number of hydrogen-bond acceptors (Lipinski definition) is 1. The number of benzene rings is 3. The number of hydrogen-bond donors (Lipinski definition) is 0. The first-order valence-corrected chi connectivity index (χ1v) is 9.26. The van der Waals surface area contributed by atoms with E-state index in [0.29, 0.717) is 0 Å². The first-order chi connectivity index (χ1) is 12.5. The van der Waals surface area contributed by atoms with Gasteiger partial charge in [-0.25, -0.2) is 0 Å². The lowest BCUT2D eigenvalue weighted by Gasteiger charge is -2.13. The van der Waals surface area contributed by atoms with E-state index >= 15 is 0 Å². The molecular weight excluding hydrogens is 361 g/mol. The van der Waals surface area contributed by atoms with Crippen LogP contribution in [0.5, 0.6) is 0 Å². The molecule has 0 aliphatic rings. The predicted molar refractivity (Wildman–Crippen MR) is 114 cm³/mol. The molecule has 3 aromatic rings. The minimum absolute atomic E-state index is 0.749. The molecule has 0 heterocycles. The molecule has 0 amide bonds. The van der Waals surface area contributed by atoms with E-state index in [2.05, 4.69) is 61.5 Å². The topological polar surface area (TPSA) is 3.24 Å². The second kappa shape index (κ2) is 8.55. The van der Waals surface area contributed by atoms with Crippen LogP contribution in [0.15, 0.2) is 78.9 Å². The Hall–Kier alpha value is -2.06. The van der Waals surface area contributed by atoms with Crippen LogP contribution >= 0.6 is 23.2 Å². The van der Waals surface area contributed by atoms with Gasteiger partial charge in [0.1, 0.15) is 0 Å². The van der Waals surface area contributed by atoms with Crippen LogP contribution in [-0.4, -0.2) is 25.5 Å². The van der Waals surface area contributed by atoms with Gasteiger partial charge in [-0.05, 0) is 66.2 Å². The van der Waals surface area contributed by atoms with Crippen molar-refractivity contribution < 1.29 is 0 Å². The van der Waals surface area contributed by atoms with Gasteiger partial charge >= 0.3 is 0 Å². The quantitative estimate of drug-likeness (QED) is 0.477. The Kier molecular flexibility index (Phi) is 6.16. The van der Waals surface area contributed by atoms with Crippen molar-refractivity contribution in [1.29, 1.82) is 0 Å². The molecule has 0 spiro atoms. The van der Waals surface area contributed by atoms with E-state index in [1.165, 1.54) is 16.7 Å². The first kappa shape index (κ1) is 18.7. The highest BCUT2D eigenvalue weighted by molar-refractivity contribution is 6.30. The Morgan fingerprint density at radius 2 is 1.08 bits per heavy atom. The summed E-state index contributed by atoms with van der Waals surface area (Å²) in [6.45, 7) is 0.872. The minimum Gasteiger partial charge on any atom is -0.306 e. The summed E-state index contributed by atoms with van der Waals surface area (Å²) in [6.07, 6.45) is 2.25. The molecule has 0 saturated heterocycles.